The summed E-state index contributed by atoms with van der Waals surface area (Å²) in [4.78, 5) is 11.8. The van der Waals surface area contributed by atoms with Crippen molar-refractivity contribution in [3.05, 3.63) is 58.6 Å². The number of halogens is 1. The third-order valence-electron chi connectivity index (χ3n) is 2.34. The molecular weight excluding hydrogens is 296 g/mol. The molecule has 0 heterocycles. The lowest BCUT2D eigenvalue weighted by molar-refractivity contribution is 0.0734. The Morgan fingerprint density at radius 1 is 1.11 bits per heavy atom. The van der Waals surface area contributed by atoms with Gasteiger partial charge in [0.2, 0.25) is 0 Å². The molecule has 0 N–H and O–H groups in total. The number of carbonyl (C=O) groups excluding carboxylic acids is 1. The maximum absolute atomic E-state index is 11.8. The molecule has 2 rings (SSSR count). The quantitative estimate of drug-likeness (QED) is 0.641. The standard InChI is InChI=1S/C14H11BrO3/c1-17-13-9-11(7-8-12(13)15)18-14(16)10-5-3-2-4-6-10/h2-9H,1H3. The van der Waals surface area contributed by atoms with E-state index in [1.165, 1.54) is 0 Å². The molecule has 0 fully saturated rings. The molecule has 2 aromatic carbocycles. The first-order chi connectivity index (χ1) is 8.70. The van der Waals surface area contributed by atoms with Gasteiger partial charge in [0.05, 0.1) is 17.1 Å². The predicted octanol–water partition coefficient (Wildman–Crippen LogP) is 3.68. The highest BCUT2D eigenvalue weighted by molar-refractivity contribution is 9.10. The van der Waals surface area contributed by atoms with Gasteiger partial charge in [-0.3, -0.25) is 0 Å². The summed E-state index contributed by atoms with van der Waals surface area (Å²) in [5.41, 5.74) is 0.513. The van der Waals surface area contributed by atoms with Crippen LogP contribution in [-0.2, 0) is 0 Å². The Bertz CT molecular complexity index is 552. The van der Waals surface area contributed by atoms with Crippen LogP contribution in [0.3, 0.4) is 0 Å². The third-order valence-corrected chi connectivity index (χ3v) is 3.00. The normalized spacial score (nSPS) is 9.89. The summed E-state index contributed by atoms with van der Waals surface area (Å²) in [5, 5.41) is 0. The molecule has 0 aliphatic rings. The van der Waals surface area contributed by atoms with Crippen molar-refractivity contribution < 1.29 is 14.3 Å². The smallest absolute Gasteiger partial charge is 0.343 e. The fourth-order valence-corrected chi connectivity index (χ4v) is 1.85. The molecule has 0 saturated heterocycles. The van der Waals surface area contributed by atoms with Gasteiger partial charge in [-0.15, -0.1) is 0 Å². The SMILES string of the molecule is COc1cc(OC(=O)c2ccccc2)ccc1Br. The molecule has 0 aromatic heterocycles. The molecule has 0 radical (unpaired) electrons. The van der Waals surface area contributed by atoms with E-state index in [4.69, 9.17) is 9.47 Å². The van der Waals surface area contributed by atoms with Crippen molar-refractivity contribution in [2.45, 2.75) is 0 Å². The van der Waals surface area contributed by atoms with Gasteiger partial charge < -0.3 is 9.47 Å². The van der Waals surface area contributed by atoms with E-state index in [0.29, 0.717) is 17.1 Å². The van der Waals surface area contributed by atoms with Gasteiger partial charge in [0.25, 0.3) is 0 Å². The Kier molecular flexibility index (Phi) is 3.99. The van der Waals surface area contributed by atoms with E-state index in [2.05, 4.69) is 15.9 Å². The minimum Gasteiger partial charge on any atom is -0.495 e. The van der Waals surface area contributed by atoms with Gasteiger partial charge in [0.15, 0.2) is 0 Å². The first kappa shape index (κ1) is 12.6. The number of rotatable bonds is 3. The van der Waals surface area contributed by atoms with Crippen LogP contribution in [0.25, 0.3) is 0 Å². The first-order valence-electron chi connectivity index (χ1n) is 5.31. The molecule has 2 aromatic rings. The molecule has 92 valence electrons. The predicted molar refractivity (Wildman–Crippen MR) is 72.1 cm³/mol. The monoisotopic (exact) mass is 306 g/mol. The van der Waals surface area contributed by atoms with Crippen LogP contribution < -0.4 is 9.47 Å². The number of hydrogen-bond acceptors (Lipinski definition) is 3. The average molecular weight is 307 g/mol. The molecule has 3 nitrogen and oxygen atoms in total. The summed E-state index contributed by atoms with van der Waals surface area (Å²) in [6.07, 6.45) is 0. The highest BCUT2D eigenvalue weighted by Gasteiger charge is 2.09. The lowest BCUT2D eigenvalue weighted by Crippen LogP contribution is -2.08. The maximum Gasteiger partial charge on any atom is 0.343 e. The Morgan fingerprint density at radius 3 is 2.50 bits per heavy atom. The number of carbonyl (C=O) groups is 1. The van der Waals surface area contributed by atoms with Crippen LogP contribution in [0.5, 0.6) is 11.5 Å². The van der Waals surface area contributed by atoms with Gasteiger partial charge in [-0.2, -0.15) is 0 Å². The minimum absolute atomic E-state index is 0.389. The van der Waals surface area contributed by atoms with Crippen molar-refractivity contribution in [3.63, 3.8) is 0 Å². The van der Waals surface area contributed by atoms with E-state index in [0.717, 1.165) is 4.47 Å². The molecule has 0 aliphatic heterocycles. The highest BCUT2D eigenvalue weighted by Crippen LogP contribution is 2.29. The summed E-state index contributed by atoms with van der Waals surface area (Å²) in [5.74, 6) is 0.678. The molecule has 0 bridgehead atoms. The van der Waals surface area contributed by atoms with Crippen LogP contribution in [0.1, 0.15) is 10.4 Å². The van der Waals surface area contributed by atoms with Crippen molar-refractivity contribution in [2.24, 2.45) is 0 Å². The van der Waals surface area contributed by atoms with Crippen molar-refractivity contribution >= 4 is 21.9 Å². The number of hydrogen-bond donors (Lipinski definition) is 0. The van der Waals surface area contributed by atoms with E-state index in [-0.39, 0.29) is 5.97 Å². The fourth-order valence-electron chi connectivity index (χ4n) is 1.44. The second-order valence-corrected chi connectivity index (χ2v) is 4.41. The van der Waals surface area contributed by atoms with Crippen molar-refractivity contribution in [2.75, 3.05) is 7.11 Å². The van der Waals surface area contributed by atoms with Gasteiger partial charge in [-0.1, -0.05) is 18.2 Å². The van der Waals surface area contributed by atoms with Crippen LogP contribution in [0.15, 0.2) is 53.0 Å². The number of benzene rings is 2. The second-order valence-electron chi connectivity index (χ2n) is 3.55. The van der Waals surface area contributed by atoms with Crippen LogP contribution >= 0.6 is 15.9 Å². The first-order valence-corrected chi connectivity index (χ1v) is 6.11. The summed E-state index contributed by atoms with van der Waals surface area (Å²) >= 11 is 3.34. The molecule has 4 heteroatoms. The van der Waals surface area contributed by atoms with Crippen molar-refractivity contribution in [1.82, 2.24) is 0 Å². The van der Waals surface area contributed by atoms with Gasteiger partial charge in [-0.25, -0.2) is 4.79 Å². The van der Waals surface area contributed by atoms with E-state index in [1.807, 2.05) is 6.07 Å². The largest absolute Gasteiger partial charge is 0.495 e. The number of ether oxygens (including phenoxy) is 2. The highest BCUT2D eigenvalue weighted by atomic mass is 79.9. The van der Waals surface area contributed by atoms with Crippen LogP contribution in [0, 0.1) is 0 Å². The van der Waals surface area contributed by atoms with E-state index in [9.17, 15) is 4.79 Å². The van der Waals surface area contributed by atoms with Crippen LogP contribution in [0.2, 0.25) is 0 Å². The van der Waals surface area contributed by atoms with Gasteiger partial charge >= 0.3 is 5.97 Å². The summed E-state index contributed by atoms with van der Waals surface area (Å²) < 4.78 is 11.2. The Hall–Kier alpha value is -1.81. The Morgan fingerprint density at radius 2 is 1.83 bits per heavy atom. The summed E-state index contributed by atoms with van der Waals surface area (Å²) in [7, 11) is 1.56. The molecule has 0 spiro atoms. The van der Waals surface area contributed by atoms with Crippen molar-refractivity contribution in [1.29, 1.82) is 0 Å². The lowest BCUT2D eigenvalue weighted by Gasteiger charge is -2.07. The Balaban J connectivity index is 2.17. The van der Waals surface area contributed by atoms with E-state index in [1.54, 1.807) is 49.6 Å². The zero-order valence-corrected chi connectivity index (χ0v) is 11.3. The van der Waals surface area contributed by atoms with Crippen molar-refractivity contribution in [3.8, 4) is 11.5 Å². The Labute approximate surface area is 113 Å². The zero-order valence-electron chi connectivity index (χ0n) is 9.72. The third kappa shape index (κ3) is 2.90. The second kappa shape index (κ2) is 5.69. The molecule has 0 aliphatic carbocycles. The molecular formula is C14H11BrO3. The molecule has 18 heavy (non-hydrogen) atoms. The lowest BCUT2D eigenvalue weighted by atomic mass is 10.2. The summed E-state index contributed by atoms with van der Waals surface area (Å²) in [6, 6.07) is 14.0. The molecule has 0 saturated carbocycles. The molecule has 0 unspecified atom stereocenters. The fraction of sp³-hybridized carbons (Fsp3) is 0.0714. The topological polar surface area (TPSA) is 35.5 Å². The van der Waals surface area contributed by atoms with E-state index < -0.39 is 0 Å². The van der Waals surface area contributed by atoms with Gasteiger partial charge in [-0.05, 0) is 40.2 Å². The van der Waals surface area contributed by atoms with Gasteiger partial charge in [0.1, 0.15) is 11.5 Å². The van der Waals surface area contributed by atoms with Gasteiger partial charge in [0, 0.05) is 6.07 Å². The number of methoxy groups -OCH3 is 1. The van der Waals surface area contributed by atoms with Crippen LogP contribution in [-0.4, -0.2) is 13.1 Å². The van der Waals surface area contributed by atoms with Crippen LogP contribution in [0.4, 0.5) is 0 Å². The van der Waals surface area contributed by atoms with E-state index >= 15 is 0 Å². The zero-order chi connectivity index (χ0) is 13.0. The maximum atomic E-state index is 11.8. The minimum atomic E-state index is -0.389. The summed E-state index contributed by atoms with van der Waals surface area (Å²) in [6.45, 7) is 0. The molecule has 0 atom stereocenters. The molecule has 0 amide bonds. The average Bonchev–Trinajstić information content (AvgIpc) is 2.42. The number of esters is 1.